The largest absolute Gasteiger partial charge is 0.493 e. The van der Waals surface area contributed by atoms with Crippen LogP contribution < -0.4 is 20.1 Å². The second kappa shape index (κ2) is 10.8. The maximum Gasteiger partial charge on any atom is 0.253 e. The van der Waals surface area contributed by atoms with Gasteiger partial charge in [0.1, 0.15) is 6.61 Å². The number of nitrogens with one attached hydrogen (secondary N) is 2. The van der Waals surface area contributed by atoms with Gasteiger partial charge in [0.05, 0.1) is 18.4 Å². The second-order valence-electron chi connectivity index (χ2n) is 5.72. The molecule has 0 aliphatic rings. The number of rotatable bonds is 7. The zero-order valence-corrected chi connectivity index (χ0v) is 17.1. The number of carbonyl (C=O) groups is 2. The van der Waals surface area contributed by atoms with E-state index in [9.17, 15) is 9.59 Å². The quantitative estimate of drug-likeness (QED) is 0.536. The first kappa shape index (κ1) is 21.9. The van der Waals surface area contributed by atoms with E-state index >= 15 is 0 Å². The van der Waals surface area contributed by atoms with E-state index in [4.69, 9.17) is 21.1 Å². The van der Waals surface area contributed by atoms with Crippen molar-refractivity contribution in [2.75, 3.05) is 26.1 Å². The van der Waals surface area contributed by atoms with Gasteiger partial charge in [-0.1, -0.05) is 23.6 Å². The van der Waals surface area contributed by atoms with Crippen LogP contribution in [0.1, 0.15) is 22.8 Å². The van der Waals surface area contributed by atoms with Gasteiger partial charge in [-0.05, 0) is 48.9 Å². The van der Waals surface area contributed by atoms with Crippen LogP contribution in [0.3, 0.4) is 0 Å². The molecule has 29 heavy (non-hydrogen) atoms. The van der Waals surface area contributed by atoms with E-state index in [1.54, 1.807) is 50.4 Å². The standard InChI is InChI=1S/C22H21ClN2O4/c1-4-5-12-29-20-13-15(6-10-19(20)28-3)7-11-21(26)25-18-14-16(23)8-9-17(18)22(27)24-2/h6-11,13-14H,12H2,1-3H3,(H,24,27)(H,25,26)/b11-7+. The number of anilines is 1. The van der Waals surface area contributed by atoms with Crippen molar-refractivity contribution in [1.29, 1.82) is 0 Å². The van der Waals surface area contributed by atoms with Crippen LogP contribution in [0.25, 0.3) is 6.08 Å². The molecule has 2 aromatic rings. The highest BCUT2D eigenvalue weighted by Gasteiger charge is 2.12. The Morgan fingerprint density at radius 3 is 2.66 bits per heavy atom. The molecule has 6 nitrogen and oxygen atoms in total. The molecule has 0 atom stereocenters. The van der Waals surface area contributed by atoms with Crippen molar-refractivity contribution in [1.82, 2.24) is 5.32 Å². The summed E-state index contributed by atoms with van der Waals surface area (Å²) >= 11 is 5.98. The first-order valence-corrected chi connectivity index (χ1v) is 9.07. The Labute approximate surface area is 174 Å². The fourth-order valence-corrected chi connectivity index (χ4v) is 2.57. The van der Waals surface area contributed by atoms with Crippen molar-refractivity contribution >= 4 is 35.2 Å². The number of halogens is 1. The fraction of sp³-hybridized carbons (Fsp3) is 0.182. The van der Waals surface area contributed by atoms with E-state index in [-0.39, 0.29) is 12.5 Å². The molecule has 150 valence electrons. The lowest BCUT2D eigenvalue weighted by molar-refractivity contribution is -0.111. The molecule has 7 heteroatoms. The molecule has 0 saturated heterocycles. The van der Waals surface area contributed by atoms with E-state index < -0.39 is 5.91 Å². The Hall–Kier alpha value is -3.43. The zero-order valence-electron chi connectivity index (χ0n) is 16.3. The molecule has 0 aromatic heterocycles. The van der Waals surface area contributed by atoms with Gasteiger partial charge >= 0.3 is 0 Å². The van der Waals surface area contributed by atoms with E-state index in [1.165, 1.54) is 19.2 Å². The summed E-state index contributed by atoms with van der Waals surface area (Å²) < 4.78 is 10.9. The van der Waals surface area contributed by atoms with Crippen LogP contribution in [0.2, 0.25) is 5.02 Å². The molecule has 0 fully saturated rings. The molecule has 2 N–H and O–H groups in total. The third kappa shape index (κ3) is 6.30. The zero-order chi connectivity index (χ0) is 21.2. The summed E-state index contributed by atoms with van der Waals surface area (Å²) in [4.78, 5) is 24.3. The summed E-state index contributed by atoms with van der Waals surface area (Å²) in [5.41, 5.74) is 1.37. The third-order valence-corrected chi connectivity index (χ3v) is 4.04. The highest BCUT2D eigenvalue weighted by molar-refractivity contribution is 6.31. The number of hydrogen-bond acceptors (Lipinski definition) is 4. The SMILES string of the molecule is CC#CCOc1cc(/C=C/C(=O)Nc2cc(Cl)ccc2C(=O)NC)ccc1OC. The molecule has 2 aromatic carbocycles. The van der Waals surface area contributed by atoms with Gasteiger partial charge in [0.2, 0.25) is 5.91 Å². The fourth-order valence-electron chi connectivity index (χ4n) is 2.39. The second-order valence-corrected chi connectivity index (χ2v) is 6.15. The van der Waals surface area contributed by atoms with Gasteiger partial charge < -0.3 is 20.1 Å². The lowest BCUT2D eigenvalue weighted by atomic mass is 10.1. The first-order valence-electron chi connectivity index (χ1n) is 8.69. The lowest BCUT2D eigenvalue weighted by Crippen LogP contribution is -2.20. The predicted octanol–water partition coefficient (Wildman–Crippen LogP) is 3.76. The summed E-state index contributed by atoms with van der Waals surface area (Å²) in [5.74, 6) is 5.92. The van der Waals surface area contributed by atoms with Crippen LogP contribution >= 0.6 is 11.6 Å². The minimum atomic E-state index is -0.410. The average Bonchev–Trinajstić information content (AvgIpc) is 2.72. The van der Waals surface area contributed by atoms with Gasteiger partial charge in [0, 0.05) is 18.1 Å². The molecule has 0 aliphatic heterocycles. The summed E-state index contributed by atoms with van der Waals surface area (Å²) in [6.45, 7) is 1.96. The number of ether oxygens (including phenoxy) is 2. The summed E-state index contributed by atoms with van der Waals surface area (Å²) in [7, 11) is 3.06. The van der Waals surface area contributed by atoms with Gasteiger partial charge in [-0.3, -0.25) is 9.59 Å². The number of amides is 2. The molecule has 0 radical (unpaired) electrons. The lowest BCUT2D eigenvalue weighted by Gasteiger charge is -2.10. The Morgan fingerprint density at radius 2 is 1.97 bits per heavy atom. The van der Waals surface area contributed by atoms with Gasteiger partial charge in [-0.25, -0.2) is 0 Å². The average molecular weight is 413 g/mol. The minimum Gasteiger partial charge on any atom is -0.493 e. The van der Waals surface area contributed by atoms with E-state index in [0.717, 1.165) is 5.56 Å². The molecular weight excluding hydrogens is 392 g/mol. The van der Waals surface area contributed by atoms with Gasteiger partial charge in [-0.15, -0.1) is 5.92 Å². The molecule has 0 heterocycles. The minimum absolute atomic E-state index is 0.234. The number of carbonyl (C=O) groups excluding carboxylic acids is 2. The van der Waals surface area contributed by atoms with Crippen molar-refractivity contribution in [2.45, 2.75) is 6.92 Å². The molecule has 2 rings (SSSR count). The maximum atomic E-state index is 12.3. The Balaban J connectivity index is 2.17. The van der Waals surface area contributed by atoms with Crippen molar-refractivity contribution in [3.05, 3.63) is 58.6 Å². The highest BCUT2D eigenvalue weighted by atomic mass is 35.5. The molecule has 0 unspecified atom stereocenters. The molecule has 0 bridgehead atoms. The van der Waals surface area contributed by atoms with Crippen LogP contribution in [-0.2, 0) is 4.79 Å². The Kier molecular flexibility index (Phi) is 8.13. The van der Waals surface area contributed by atoms with Crippen LogP contribution in [-0.4, -0.2) is 32.6 Å². The van der Waals surface area contributed by atoms with Crippen molar-refractivity contribution in [2.24, 2.45) is 0 Å². The molecule has 0 spiro atoms. The molecule has 0 saturated carbocycles. The summed E-state index contributed by atoms with van der Waals surface area (Å²) in [6.07, 6.45) is 2.98. The van der Waals surface area contributed by atoms with Crippen LogP contribution in [0.15, 0.2) is 42.5 Å². The topological polar surface area (TPSA) is 76.7 Å². The normalized spacial score (nSPS) is 10.1. The van der Waals surface area contributed by atoms with Crippen LogP contribution in [0.5, 0.6) is 11.5 Å². The molecular formula is C22H21ClN2O4. The van der Waals surface area contributed by atoms with Crippen LogP contribution in [0, 0.1) is 11.8 Å². The summed E-state index contributed by atoms with van der Waals surface area (Å²) in [5, 5.41) is 5.60. The molecule has 2 amide bonds. The Morgan fingerprint density at radius 1 is 1.17 bits per heavy atom. The number of methoxy groups -OCH3 is 1. The van der Waals surface area contributed by atoms with Crippen molar-refractivity contribution in [3.63, 3.8) is 0 Å². The third-order valence-electron chi connectivity index (χ3n) is 3.80. The number of benzene rings is 2. The summed E-state index contributed by atoms with van der Waals surface area (Å²) in [6, 6.07) is 9.93. The first-order chi connectivity index (χ1) is 14.0. The Bertz CT molecular complexity index is 990. The van der Waals surface area contributed by atoms with Gasteiger partial charge in [0.25, 0.3) is 5.91 Å². The number of hydrogen-bond donors (Lipinski definition) is 2. The van der Waals surface area contributed by atoms with E-state index in [1.807, 2.05) is 0 Å². The maximum absolute atomic E-state index is 12.3. The molecule has 0 aliphatic carbocycles. The van der Waals surface area contributed by atoms with Crippen molar-refractivity contribution in [3.8, 4) is 23.3 Å². The van der Waals surface area contributed by atoms with Crippen molar-refractivity contribution < 1.29 is 19.1 Å². The smallest absolute Gasteiger partial charge is 0.253 e. The van der Waals surface area contributed by atoms with Gasteiger partial charge in [0.15, 0.2) is 11.5 Å². The monoisotopic (exact) mass is 412 g/mol. The van der Waals surface area contributed by atoms with E-state index in [2.05, 4.69) is 22.5 Å². The van der Waals surface area contributed by atoms with Crippen LogP contribution in [0.4, 0.5) is 5.69 Å². The van der Waals surface area contributed by atoms with E-state index in [0.29, 0.717) is 27.8 Å². The van der Waals surface area contributed by atoms with Gasteiger partial charge in [-0.2, -0.15) is 0 Å². The highest BCUT2D eigenvalue weighted by Crippen LogP contribution is 2.28. The predicted molar refractivity (Wildman–Crippen MR) is 114 cm³/mol.